The number of carbonyl (C=O) groups excluding carboxylic acids is 1. The van der Waals surface area contributed by atoms with E-state index in [1.807, 2.05) is 0 Å². The van der Waals surface area contributed by atoms with Crippen LogP contribution in [0.1, 0.15) is 12.8 Å². The van der Waals surface area contributed by atoms with Gasteiger partial charge in [0, 0.05) is 23.9 Å². The van der Waals surface area contributed by atoms with Crippen molar-refractivity contribution in [2.75, 3.05) is 13.1 Å². The highest BCUT2D eigenvalue weighted by atomic mass is 32.2. The molecular weight excluding hydrogens is 225 g/mol. The lowest BCUT2D eigenvalue weighted by atomic mass is 10.0. The van der Waals surface area contributed by atoms with E-state index in [0.717, 1.165) is 37.1 Å². The molecule has 0 spiro atoms. The zero-order valence-corrected chi connectivity index (χ0v) is 9.75. The quantitative estimate of drug-likeness (QED) is 0.597. The lowest BCUT2D eigenvalue weighted by Gasteiger charge is -2.28. The Kier molecular flexibility index (Phi) is 3.96. The van der Waals surface area contributed by atoms with Crippen LogP contribution in [0.5, 0.6) is 0 Å². The molecule has 0 N–H and O–H groups in total. The Morgan fingerprint density at radius 3 is 2.44 bits per heavy atom. The monoisotopic (exact) mass is 239 g/mol. The average Bonchev–Trinajstić information content (AvgIpc) is 2.33. The van der Waals surface area contributed by atoms with E-state index in [0.29, 0.717) is 0 Å². The van der Waals surface area contributed by atoms with Gasteiger partial charge in [-0.15, -0.1) is 0 Å². The maximum atomic E-state index is 12.7. The Hall–Kier alpha value is -0.870. The molecule has 0 aromatic heterocycles. The van der Waals surface area contributed by atoms with Crippen molar-refractivity contribution >= 4 is 18.2 Å². The molecule has 4 heteroatoms. The van der Waals surface area contributed by atoms with Gasteiger partial charge < -0.3 is 4.79 Å². The van der Waals surface area contributed by atoms with E-state index in [9.17, 15) is 9.18 Å². The summed E-state index contributed by atoms with van der Waals surface area (Å²) in [6.07, 6.45) is 2.91. The Morgan fingerprint density at radius 2 is 1.88 bits per heavy atom. The highest BCUT2D eigenvalue weighted by molar-refractivity contribution is 7.97. The van der Waals surface area contributed by atoms with Crippen molar-refractivity contribution in [2.45, 2.75) is 17.7 Å². The molecule has 1 saturated heterocycles. The van der Waals surface area contributed by atoms with Gasteiger partial charge in [-0.1, -0.05) is 0 Å². The molecule has 16 heavy (non-hydrogen) atoms. The van der Waals surface area contributed by atoms with Crippen molar-refractivity contribution < 1.29 is 9.18 Å². The van der Waals surface area contributed by atoms with E-state index in [4.69, 9.17) is 0 Å². The highest BCUT2D eigenvalue weighted by Crippen LogP contribution is 2.27. The summed E-state index contributed by atoms with van der Waals surface area (Å²) in [6, 6.07) is 6.51. The van der Waals surface area contributed by atoms with E-state index < -0.39 is 0 Å². The largest absolute Gasteiger partial charge is 0.303 e. The summed E-state index contributed by atoms with van der Waals surface area (Å²) in [5, 5.41) is 0. The second-order valence-corrected chi connectivity index (χ2v) is 5.12. The molecule has 0 unspecified atom stereocenters. The normalized spacial score (nSPS) is 18.6. The molecule has 2 rings (SSSR count). The second kappa shape index (κ2) is 5.46. The van der Waals surface area contributed by atoms with Crippen molar-refractivity contribution in [1.29, 1.82) is 0 Å². The van der Waals surface area contributed by atoms with Crippen molar-refractivity contribution in [1.82, 2.24) is 4.31 Å². The molecule has 1 aliphatic rings. The third-order valence-electron chi connectivity index (χ3n) is 2.74. The van der Waals surface area contributed by atoms with Crippen LogP contribution in [0.15, 0.2) is 29.2 Å². The molecule has 0 bridgehead atoms. The van der Waals surface area contributed by atoms with E-state index in [-0.39, 0.29) is 11.7 Å². The Bertz CT molecular complexity index is 347. The van der Waals surface area contributed by atoms with E-state index in [1.54, 1.807) is 24.1 Å². The maximum Gasteiger partial charge on any atom is 0.123 e. The highest BCUT2D eigenvalue weighted by Gasteiger charge is 2.18. The van der Waals surface area contributed by atoms with Gasteiger partial charge in [0.2, 0.25) is 0 Å². The number of halogens is 1. The second-order valence-electron chi connectivity index (χ2n) is 3.95. The van der Waals surface area contributed by atoms with Gasteiger partial charge in [-0.2, -0.15) is 0 Å². The summed E-state index contributed by atoms with van der Waals surface area (Å²) in [7, 11) is 0. The third kappa shape index (κ3) is 3.06. The predicted molar refractivity (Wildman–Crippen MR) is 62.6 cm³/mol. The Morgan fingerprint density at radius 1 is 1.25 bits per heavy atom. The van der Waals surface area contributed by atoms with Gasteiger partial charge in [-0.05, 0) is 49.1 Å². The molecule has 0 saturated carbocycles. The van der Waals surface area contributed by atoms with E-state index in [2.05, 4.69) is 4.31 Å². The van der Waals surface area contributed by atoms with Crippen LogP contribution in [-0.2, 0) is 4.79 Å². The summed E-state index contributed by atoms with van der Waals surface area (Å²) >= 11 is 1.64. The maximum absolute atomic E-state index is 12.7. The average molecular weight is 239 g/mol. The van der Waals surface area contributed by atoms with Gasteiger partial charge in [0.25, 0.3) is 0 Å². The van der Waals surface area contributed by atoms with Crippen LogP contribution < -0.4 is 0 Å². The minimum Gasteiger partial charge on any atom is -0.303 e. The number of aldehydes is 1. The van der Waals surface area contributed by atoms with Crippen LogP contribution in [0.25, 0.3) is 0 Å². The van der Waals surface area contributed by atoms with Crippen LogP contribution in [0.4, 0.5) is 4.39 Å². The lowest BCUT2D eigenvalue weighted by molar-refractivity contribution is -0.112. The minimum atomic E-state index is -0.205. The molecule has 1 fully saturated rings. The summed E-state index contributed by atoms with van der Waals surface area (Å²) in [4.78, 5) is 11.6. The smallest absolute Gasteiger partial charge is 0.123 e. The predicted octanol–water partition coefficient (Wildman–Crippen LogP) is 2.74. The van der Waals surface area contributed by atoms with Crippen molar-refractivity contribution in [3.05, 3.63) is 30.1 Å². The van der Waals surface area contributed by atoms with Crippen LogP contribution in [0.2, 0.25) is 0 Å². The molecule has 86 valence electrons. The van der Waals surface area contributed by atoms with Gasteiger partial charge in [-0.25, -0.2) is 8.70 Å². The molecule has 1 aromatic rings. The molecule has 1 heterocycles. The zero-order chi connectivity index (χ0) is 11.4. The number of benzene rings is 1. The fraction of sp³-hybridized carbons (Fsp3) is 0.417. The number of hydrogen-bond donors (Lipinski definition) is 0. The zero-order valence-electron chi connectivity index (χ0n) is 8.93. The minimum absolute atomic E-state index is 0.205. The van der Waals surface area contributed by atoms with Crippen molar-refractivity contribution in [3.8, 4) is 0 Å². The van der Waals surface area contributed by atoms with E-state index in [1.165, 1.54) is 12.1 Å². The number of rotatable bonds is 3. The first-order valence-electron chi connectivity index (χ1n) is 5.42. The van der Waals surface area contributed by atoms with Crippen LogP contribution >= 0.6 is 11.9 Å². The van der Waals surface area contributed by atoms with Crippen LogP contribution in [-0.4, -0.2) is 23.7 Å². The molecule has 1 aromatic carbocycles. The number of nitrogens with zero attached hydrogens (tertiary/aromatic N) is 1. The molecular formula is C12H14FNOS. The number of piperidine rings is 1. The first kappa shape index (κ1) is 11.6. The first-order valence-corrected chi connectivity index (χ1v) is 6.19. The summed E-state index contributed by atoms with van der Waals surface area (Å²) in [5.74, 6) is 0.0223. The molecule has 0 aliphatic carbocycles. The summed E-state index contributed by atoms with van der Waals surface area (Å²) < 4.78 is 14.9. The fourth-order valence-electron chi connectivity index (χ4n) is 1.75. The van der Waals surface area contributed by atoms with Crippen molar-refractivity contribution in [3.63, 3.8) is 0 Å². The summed E-state index contributed by atoms with van der Waals surface area (Å²) in [5.41, 5.74) is 0. The van der Waals surface area contributed by atoms with Crippen LogP contribution in [0.3, 0.4) is 0 Å². The Labute approximate surface area is 99.0 Å². The molecule has 0 radical (unpaired) electrons. The Balaban J connectivity index is 1.86. The standard InChI is InChI=1S/C12H14FNOS/c13-11-1-3-12(4-2-11)16-14-7-5-10(9-15)6-8-14/h1-4,9-10H,5-8H2. The van der Waals surface area contributed by atoms with Gasteiger partial charge in [-0.3, -0.25) is 0 Å². The molecule has 0 amide bonds. The summed E-state index contributed by atoms with van der Waals surface area (Å²) in [6.45, 7) is 1.84. The van der Waals surface area contributed by atoms with Gasteiger partial charge >= 0.3 is 0 Å². The molecule has 1 aliphatic heterocycles. The van der Waals surface area contributed by atoms with Gasteiger partial charge in [0.15, 0.2) is 0 Å². The topological polar surface area (TPSA) is 20.3 Å². The number of carbonyl (C=O) groups is 1. The van der Waals surface area contributed by atoms with Gasteiger partial charge in [0.1, 0.15) is 12.1 Å². The van der Waals surface area contributed by atoms with Crippen molar-refractivity contribution in [2.24, 2.45) is 5.92 Å². The third-order valence-corrected chi connectivity index (χ3v) is 3.85. The first-order chi connectivity index (χ1) is 7.78. The van der Waals surface area contributed by atoms with Crippen LogP contribution in [0, 0.1) is 11.7 Å². The molecule has 2 nitrogen and oxygen atoms in total. The van der Waals surface area contributed by atoms with E-state index >= 15 is 0 Å². The molecule has 0 atom stereocenters. The fourth-order valence-corrected chi connectivity index (χ4v) is 2.70. The number of hydrogen-bond acceptors (Lipinski definition) is 3. The lowest BCUT2D eigenvalue weighted by Crippen LogP contribution is -2.28. The SMILES string of the molecule is O=CC1CCN(Sc2ccc(F)cc2)CC1. The van der Waals surface area contributed by atoms with Gasteiger partial charge in [0.05, 0.1) is 0 Å².